The second kappa shape index (κ2) is 14.2. The van der Waals surface area contributed by atoms with Crippen LogP contribution < -0.4 is 16.0 Å². The van der Waals surface area contributed by atoms with Gasteiger partial charge in [0.25, 0.3) is 11.8 Å². The summed E-state index contributed by atoms with van der Waals surface area (Å²) < 4.78 is 0. The standard InChI is InChI=1S/C31H24Cl3N3O3S/c1-19(29(38)35-23-15-13-22(32)14-16-23)41-25-11-6-10-24(18-25)36-31(40)27(17-21-9-5-12-26(33)28(21)34)37-30(39)20-7-3-2-4-8-20/h2-19H,1H3,(H,35,38)(H,36,40)(H,37,39)/b27-17+. The number of thioether (sulfide) groups is 1. The van der Waals surface area contributed by atoms with Gasteiger partial charge < -0.3 is 16.0 Å². The summed E-state index contributed by atoms with van der Waals surface area (Å²) in [5.41, 5.74) is 1.93. The van der Waals surface area contributed by atoms with Crippen LogP contribution in [0.2, 0.25) is 15.1 Å². The maximum absolute atomic E-state index is 13.4. The number of carbonyl (C=O) groups is 3. The largest absolute Gasteiger partial charge is 0.325 e. The van der Waals surface area contributed by atoms with Gasteiger partial charge in [0.15, 0.2) is 0 Å². The third kappa shape index (κ3) is 8.62. The van der Waals surface area contributed by atoms with Gasteiger partial charge in [0, 0.05) is 26.9 Å². The van der Waals surface area contributed by atoms with Crippen LogP contribution in [0.5, 0.6) is 0 Å². The van der Waals surface area contributed by atoms with E-state index < -0.39 is 17.1 Å². The second-order valence-electron chi connectivity index (χ2n) is 8.76. The van der Waals surface area contributed by atoms with E-state index in [1.54, 1.807) is 97.9 Å². The molecular formula is C31H24Cl3N3O3S. The number of rotatable bonds is 9. The zero-order valence-corrected chi connectivity index (χ0v) is 24.7. The van der Waals surface area contributed by atoms with Crippen LogP contribution in [0.1, 0.15) is 22.8 Å². The van der Waals surface area contributed by atoms with Crippen LogP contribution >= 0.6 is 46.6 Å². The molecule has 10 heteroatoms. The van der Waals surface area contributed by atoms with E-state index in [1.165, 1.54) is 17.8 Å². The molecule has 0 spiro atoms. The van der Waals surface area contributed by atoms with E-state index in [1.807, 2.05) is 6.07 Å². The van der Waals surface area contributed by atoms with E-state index in [0.717, 1.165) is 4.90 Å². The maximum Gasteiger partial charge on any atom is 0.272 e. The number of anilines is 2. The summed E-state index contributed by atoms with van der Waals surface area (Å²) in [7, 11) is 0. The second-order valence-corrected chi connectivity index (χ2v) is 11.4. The van der Waals surface area contributed by atoms with Gasteiger partial charge in [-0.25, -0.2) is 0 Å². The van der Waals surface area contributed by atoms with Crippen molar-refractivity contribution in [3.8, 4) is 0 Å². The summed E-state index contributed by atoms with van der Waals surface area (Å²) in [6, 6.07) is 27.5. The quantitative estimate of drug-likeness (QED) is 0.129. The lowest BCUT2D eigenvalue weighted by atomic mass is 10.1. The number of nitrogens with one attached hydrogen (secondary N) is 3. The van der Waals surface area contributed by atoms with Crippen molar-refractivity contribution in [1.82, 2.24) is 5.32 Å². The van der Waals surface area contributed by atoms with Gasteiger partial charge in [-0.15, -0.1) is 11.8 Å². The first-order valence-electron chi connectivity index (χ1n) is 12.4. The molecule has 4 aromatic rings. The molecule has 0 aliphatic heterocycles. The summed E-state index contributed by atoms with van der Waals surface area (Å²) in [5, 5.41) is 9.07. The van der Waals surface area contributed by atoms with E-state index in [2.05, 4.69) is 16.0 Å². The van der Waals surface area contributed by atoms with Gasteiger partial charge in [-0.2, -0.15) is 0 Å². The lowest BCUT2D eigenvalue weighted by Gasteiger charge is -2.14. The Labute approximate surface area is 257 Å². The molecule has 3 amide bonds. The molecular weight excluding hydrogens is 601 g/mol. The highest BCUT2D eigenvalue weighted by atomic mass is 35.5. The van der Waals surface area contributed by atoms with Crippen molar-refractivity contribution in [1.29, 1.82) is 0 Å². The highest BCUT2D eigenvalue weighted by Gasteiger charge is 2.18. The van der Waals surface area contributed by atoms with E-state index >= 15 is 0 Å². The first-order valence-corrected chi connectivity index (χ1v) is 14.4. The van der Waals surface area contributed by atoms with Crippen LogP contribution in [-0.2, 0) is 9.59 Å². The molecule has 1 atom stereocenters. The molecule has 0 saturated carbocycles. The van der Waals surface area contributed by atoms with E-state index in [4.69, 9.17) is 34.8 Å². The average Bonchev–Trinajstić information content (AvgIpc) is 2.96. The Balaban J connectivity index is 1.50. The summed E-state index contributed by atoms with van der Waals surface area (Å²) in [6.07, 6.45) is 1.46. The van der Waals surface area contributed by atoms with Crippen LogP contribution in [0.3, 0.4) is 0 Å². The molecule has 0 bridgehead atoms. The predicted molar refractivity (Wildman–Crippen MR) is 169 cm³/mol. The molecule has 6 nitrogen and oxygen atoms in total. The highest BCUT2D eigenvalue weighted by Crippen LogP contribution is 2.29. The summed E-state index contributed by atoms with van der Waals surface area (Å²) in [6.45, 7) is 1.79. The number of hydrogen-bond acceptors (Lipinski definition) is 4. The van der Waals surface area contributed by atoms with E-state index in [-0.39, 0.29) is 16.6 Å². The average molecular weight is 625 g/mol. The first-order chi connectivity index (χ1) is 19.7. The van der Waals surface area contributed by atoms with Gasteiger partial charge in [0.2, 0.25) is 5.91 Å². The molecule has 0 aromatic heterocycles. The van der Waals surface area contributed by atoms with Gasteiger partial charge in [0.1, 0.15) is 5.70 Å². The zero-order valence-electron chi connectivity index (χ0n) is 21.7. The highest BCUT2D eigenvalue weighted by molar-refractivity contribution is 8.00. The third-order valence-corrected chi connectivity index (χ3v) is 7.88. The van der Waals surface area contributed by atoms with Crippen molar-refractivity contribution in [2.45, 2.75) is 17.1 Å². The zero-order chi connectivity index (χ0) is 29.4. The van der Waals surface area contributed by atoms with Crippen molar-refractivity contribution >= 4 is 81.7 Å². The molecule has 3 N–H and O–H groups in total. The topological polar surface area (TPSA) is 87.3 Å². The SMILES string of the molecule is CC(Sc1cccc(NC(=O)/C(=C\c2cccc(Cl)c2Cl)NC(=O)c2ccccc2)c1)C(=O)Nc1ccc(Cl)cc1. The van der Waals surface area contributed by atoms with Crippen LogP contribution in [0, 0.1) is 0 Å². The van der Waals surface area contributed by atoms with Gasteiger partial charge in [0.05, 0.1) is 15.3 Å². The van der Waals surface area contributed by atoms with Crippen LogP contribution in [0.4, 0.5) is 11.4 Å². The van der Waals surface area contributed by atoms with Crippen LogP contribution in [-0.4, -0.2) is 23.0 Å². The lowest BCUT2D eigenvalue weighted by molar-refractivity contribution is -0.115. The molecule has 0 radical (unpaired) electrons. The molecule has 4 rings (SSSR count). The Morgan fingerprint density at radius 3 is 2.22 bits per heavy atom. The number of carbonyl (C=O) groups excluding carboxylic acids is 3. The molecule has 0 aliphatic rings. The predicted octanol–water partition coefficient (Wildman–Crippen LogP) is 8.18. The van der Waals surface area contributed by atoms with Gasteiger partial charge in [-0.1, -0.05) is 71.2 Å². The number of amides is 3. The molecule has 0 aliphatic carbocycles. The lowest BCUT2D eigenvalue weighted by Crippen LogP contribution is -2.30. The Morgan fingerprint density at radius 1 is 0.780 bits per heavy atom. The maximum atomic E-state index is 13.4. The Hall–Kier alpha value is -3.75. The minimum Gasteiger partial charge on any atom is -0.325 e. The molecule has 208 valence electrons. The van der Waals surface area contributed by atoms with Crippen molar-refractivity contribution in [2.24, 2.45) is 0 Å². The van der Waals surface area contributed by atoms with E-state index in [9.17, 15) is 14.4 Å². The summed E-state index contributed by atoms with van der Waals surface area (Å²) in [4.78, 5) is 39.8. The molecule has 4 aromatic carbocycles. The van der Waals surface area contributed by atoms with Crippen molar-refractivity contribution < 1.29 is 14.4 Å². The fourth-order valence-corrected chi connectivity index (χ4v) is 5.02. The minimum absolute atomic E-state index is 0.0308. The Kier molecular flexibility index (Phi) is 10.5. The van der Waals surface area contributed by atoms with Crippen molar-refractivity contribution in [3.05, 3.63) is 129 Å². The van der Waals surface area contributed by atoms with Gasteiger partial charge in [-0.3, -0.25) is 14.4 Å². The van der Waals surface area contributed by atoms with Crippen LogP contribution in [0.25, 0.3) is 6.08 Å². The number of benzene rings is 4. The van der Waals surface area contributed by atoms with E-state index in [0.29, 0.717) is 32.5 Å². The minimum atomic E-state index is -0.569. The molecule has 0 saturated heterocycles. The number of hydrogen-bond donors (Lipinski definition) is 3. The molecule has 41 heavy (non-hydrogen) atoms. The summed E-state index contributed by atoms with van der Waals surface area (Å²) in [5.74, 6) is -1.21. The van der Waals surface area contributed by atoms with Crippen LogP contribution in [0.15, 0.2) is 108 Å². The van der Waals surface area contributed by atoms with Crippen molar-refractivity contribution in [3.63, 3.8) is 0 Å². The fourth-order valence-electron chi connectivity index (χ4n) is 3.61. The smallest absolute Gasteiger partial charge is 0.272 e. The third-order valence-electron chi connectivity index (χ3n) is 5.70. The van der Waals surface area contributed by atoms with Gasteiger partial charge in [-0.05, 0) is 79.2 Å². The molecule has 1 unspecified atom stereocenters. The normalized spacial score (nSPS) is 11.9. The monoisotopic (exact) mass is 623 g/mol. The molecule has 0 heterocycles. The first kappa shape index (κ1) is 30.2. The fraction of sp³-hybridized carbons (Fsp3) is 0.0645. The Bertz CT molecular complexity index is 1600. The van der Waals surface area contributed by atoms with Crippen molar-refractivity contribution in [2.75, 3.05) is 10.6 Å². The van der Waals surface area contributed by atoms with Gasteiger partial charge >= 0.3 is 0 Å². The summed E-state index contributed by atoms with van der Waals surface area (Å²) >= 11 is 19.7. The number of halogens is 3. The molecule has 0 fully saturated rings. The Morgan fingerprint density at radius 2 is 1.49 bits per heavy atom.